The summed E-state index contributed by atoms with van der Waals surface area (Å²) in [4.78, 5) is 11.3. The van der Waals surface area contributed by atoms with E-state index in [9.17, 15) is 4.79 Å². The maximum Gasteiger partial charge on any atom is 0.248 e. The second-order valence-corrected chi connectivity index (χ2v) is 5.00. The highest BCUT2D eigenvalue weighted by molar-refractivity contribution is 6.30. The molecule has 0 atom stereocenters. The summed E-state index contributed by atoms with van der Waals surface area (Å²) >= 11 is 5.98. The standard InChI is InChI=1S/C16H16ClNO/c1-2-11-6-13(9-14(8-11)16(18)19)7-12-4-3-5-15(17)10-12/h3-6,8-10H,2,7H2,1H3,(H2,18,19). The van der Waals surface area contributed by atoms with Gasteiger partial charge in [-0.05, 0) is 53.8 Å². The number of benzene rings is 2. The van der Waals surface area contributed by atoms with Crippen LogP contribution in [0.4, 0.5) is 0 Å². The second kappa shape index (κ2) is 5.89. The van der Waals surface area contributed by atoms with Gasteiger partial charge in [-0.2, -0.15) is 0 Å². The second-order valence-electron chi connectivity index (χ2n) is 4.56. The molecule has 2 aromatic carbocycles. The van der Waals surface area contributed by atoms with Crippen LogP contribution in [0.2, 0.25) is 5.02 Å². The first-order valence-corrected chi connectivity index (χ1v) is 6.63. The van der Waals surface area contributed by atoms with Gasteiger partial charge in [-0.3, -0.25) is 4.79 Å². The third-order valence-corrected chi connectivity index (χ3v) is 3.28. The van der Waals surface area contributed by atoms with Crippen molar-refractivity contribution < 1.29 is 4.79 Å². The number of aryl methyl sites for hydroxylation is 1. The van der Waals surface area contributed by atoms with E-state index in [2.05, 4.69) is 13.0 Å². The molecular weight excluding hydrogens is 258 g/mol. The van der Waals surface area contributed by atoms with Gasteiger partial charge in [-0.15, -0.1) is 0 Å². The van der Waals surface area contributed by atoms with Crippen LogP contribution in [0, 0.1) is 0 Å². The number of hydrogen-bond acceptors (Lipinski definition) is 1. The fraction of sp³-hybridized carbons (Fsp3) is 0.188. The normalized spacial score (nSPS) is 10.4. The molecule has 0 aromatic heterocycles. The van der Waals surface area contributed by atoms with E-state index in [1.165, 1.54) is 0 Å². The van der Waals surface area contributed by atoms with Gasteiger partial charge in [0, 0.05) is 10.6 Å². The van der Waals surface area contributed by atoms with Crippen LogP contribution in [0.5, 0.6) is 0 Å². The van der Waals surface area contributed by atoms with Crippen molar-refractivity contribution in [2.45, 2.75) is 19.8 Å². The third-order valence-electron chi connectivity index (χ3n) is 3.04. The molecule has 2 aromatic rings. The van der Waals surface area contributed by atoms with Crippen LogP contribution in [0.25, 0.3) is 0 Å². The lowest BCUT2D eigenvalue weighted by Crippen LogP contribution is -2.12. The van der Waals surface area contributed by atoms with Gasteiger partial charge in [0.1, 0.15) is 0 Å². The topological polar surface area (TPSA) is 43.1 Å². The van der Waals surface area contributed by atoms with Gasteiger partial charge in [0.05, 0.1) is 0 Å². The highest BCUT2D eigenvalue weighted by Crippen LogP contribution is 2.17. The molecule has 0 spiro atoms. The smallest absolute Gasteiger partial charge is 0.248 e. The lowest BCUT2D eigenvalue weighted by atomic mass is 9.98. The molecule has 0 heterocycles. The Labute approximate surface area is 118 Å². The monoisotopic (exact) mass is 273 g/mol. The van der Waals surface area contributed by atoms with E-state index < -0.39 is 0 Å². The molecular formula is C16H16ClNO. The van der Waals surface area contributed by atoms with Crippen molar-refractivity contribution in [2.24, 2.45) is 5.73 Å². The van der Waals surface area contributed by atoms with Gasteiger partial charge in [-0.25, -0.2) is 0 Å². The van der Waals surface area contributed by atoms with Crippen molar-refractivity contribution in [2.75, 3.05) is 0 Å². The maximum atomic E-state index is 11.3. The first-order valence-electron chi connectivity index (χ1n) is 6.25. The van der Waals surface area contributed by atoms with E-state index in [1.807, 2.05) is 36.4 Å². The van der Waals surface area contributed by atoms with Crippen LogP contribution >= 0.6 is 11.6 Å². The number of carbonyl (C=O) groups excluding carboxylic acids is 1. The molecule has 0 aliphatic heterocycles. The van der Waals surface area contributed by atoms with E-state index in [0.29, 0.717) is 5.56 Å². The van der Waals surface area contributed by atoms with Crippen LogP contribution in [0.3, 0.4) is 0 Å². The highest BCUT2D eigenvalue weighted by Gasteiger charge is 2.06. The van der Waals surface area contributed by atoms with Crippen LogP contribution in [0.15, 0.2) is 42.5 Å². The van der Waals surface area contributed by atoms with Gasteiger partial charge in [-0.1, -0.05) is 36.7 Å². The number of carbonyl (C=O) groups is 1. The van der Waals surface area contributed by atoms with Crippen LogP contribution in [-0.2, 0) is 12.8 Å². The van der Waals surface area contributed by atoms with E-state index in [1.54, 1.807) is 0 Å². The van der Waals surface area contributed by atoms with Crippen LogP contribution in [-0.4, -0.2) is 5.91 Å². The Balaban J connectivity index is 2.34. The average molecular weight is 274 g/mol. The zero-order valence-corrected chi connectivity index (χ0v) is 11.6. The van der Waals surface area contributed by atoms with Gasteiger partial charge in [0.15, 0.2) is 0 Å². The first-order chi connectivity index (χ1) is 9.08. The largest absolute Gasteiger partial charge is 0.366 e. The number of amides is 1. The summed E-state index contributed by atoms with van der Waals surface area (Å²) in [6.07, 6.45) is 1.62. The molecule has 19 heavy (non-hydrogen) atoms. The lowest BCUT2D eigenvalue weighted by Gasteiger charge is -2.07. The molecule has 2 N–H and O–H groups in total. The maximum absolute atomic E-state index is 11.3. The molecule has 0 saturated carbocycles. The molecule has 0 saturated heterocycles. The Hall–Kier alpha value is -1.80. The number of hydrogen-bond donors (Lipinski definition) is 1. The van der Waals surface area contributed by atoms with E-state index in [4.69, 9.17) is 17.3 Å². The van der Waals surface area contributed by atoms with Crippen molar-refractivity contribution in [1.29, 1.82) is 0 Å². The third kappa shape index (κ3) is 3.58. The Morgan fingerprint density at radius 3 is 2.47 bits per heavy atom. The molecule has 3 heteroatoms. The number of primary amides is 1. The Bertz CT molecular complexity index is 607. The quantitative estimate of drug-likeness (QED) is 0.909. The Morgan fingerprint density at radius 1 is 1.11 bits per heavy atom. The Kier molecular flexibility index (Phi) is 4.23. The Morgan fingerprint density at radius 2 is 1.84 bits per heavy atom. The summed E-state index contributed by atoms with van der Waals surface area (Å²) in [7, 11) is 0. The number of rotatable bonds is 4. The fourth-order valence-electron chi connectivity index (χ4n) is 2.09. The van der Waals surface area contributed by atoms with Crippen molar-refractivity contribution >= 4 is 17.5 Å². The van der Waals surface area contributed by atoms with E-state index in [0.717, 1.165) is 34.6 Å². The molecule has 98 valence electrons. The average Bonchev–Trinajstić information content (AvgIpc) is 2.38. The summed E-state index contributed by atoms with van der Waals surface area (Å²) < 4.78 is 0. The summed E-state index contributed by atoms with van der Waals surface area (Å²) in [6.45, 7) is 2.06. The van der Waals surface area contributed by atoms with Crippen LogP contribution < -0.4 is 5.73 Å². The van der Waals surface area contributed by atoms with Crippen molar-refractivity contribution in [3.05, 3.63) is 69.7 Å². The van der Waals surface area contributed by atoms with Gasteiger partial charge in [0.25, 0.3) is 0 Å². The first kappa shape index (κ1) is 13.6. The molecule has 0 aliphatic rings. The SMILES string of the molecule is CCc1cc(Cc2cccc(Cl)c2)cc(C(N)=O)c1. The molecule has 1 amide bonds. The lowest BCUT2D eigenvalue weighted by molar-refractivity contribution is 0.1000. The minimum atomic E-state index is -0.386. The zero-order chi connectivity index (χ0) is 13.8. The number of halogens is 1. The summed E-state index contributed by atoms with van der Waals surface area (Å²) in [5, 5.41) is 0.722. The van der Waals surface area contributed by atoms with E-state index >= 15 is 0 Å². The van der Waals surface area contributed by atoms with Crippen molar-refractivity contribution in [3.63, 3.8) is 0 Å². The minimum Gasteiger partial charge on any atom is -0.366 e. The molecule has 0 aliphatic carbocycles. The van der Waals surface area contributed by atoms with Crippen molar-refractivity contribution in [1.82, 2.24) is 0 Å². The fourth-order valence-corrected chi connectivity index (χ4v) is 2.31. The predicted molar refractivity (Wildman–Crippen MR) is 78.6 cm³/mol. The van der Waals surface area contributed by atoms with Gasteiger partial charge < -0.3 is 5.73 Å². The molecule has 0 radical (unpaired) electrons. The highest BCUT2D eigenvalue weighted by atomic mass is 35.5. The van der Waals surface area contributed by atoms with Gasteiger partial charge in [0.2, 0.25) is 5.91 Å². The summed E-state index contributed by atoms with van der Waals surface area (Å²) in [5.41, 5.74) is 9.25. The van der Waals surface area contributed by atoms with Crippen LogP contribution in [0.1, 0.15) is 34.0 Å². The molecule has 0 unspecified atom stereocenters. The predicted octanol–water partition coefficient (Wildman–Crippen LogP) is 3.59. The summed E-state index contributed by atoms with van der Waals surface area (Å²) in [5.74, 6) is -0.386. The van der Waals surface area contributed by atoms with E-state index in [-0.39, 0.29) is 5.91 Å². The van der Waals surface area contributed by atoms with Gasteiger partial charge >= 0.3 is 0 Å². The van der Waals surface area contributed by atoms with Crippen molar-refractivity contribution in [3.8, 4) is 0 Å². The molecule has 0 fully saturated rings. The molecule has 0 bridgehead atoms. The molecule has 2 nitrogen and oxygen atoms in total. The zero-order valence-electron chi connectivity index (χ0n) is 10.8. The molecule has 2 rings (SSSR count). The number of nitrogens with two attached hydrogens (primary N) is 1. The summed E-state index contributed by atoms with van der Waals surface area (Å²) in [6, 6.07) is 13.5. The minimum absolute atomic E-state index is 0.386.